The molecule has 0 atom stereocenters. The van der Waals surface area contributed by atoms with Crippen LogP contribution in [0.15, 0.2) is 29.4 Å². The van der Waals surface area contributed by atoms with E-state index in [1.807, 2.05) is 18.2 Å². The van der Waals surface area contributed by atoms with Crippen LogP contribution >= 0.6 is 24.0 Å². The van der Waals surface area contributed by atoms with Crippen LogP contribution in [0.2, 0.25) is 0 Å². The van der Waals surface area contributed by atoms with Crippen LogP contribution in [0.1, 0.15) is 25.0 Å². The highest BCUT2D eigenvalue weighted by atomic mass is 127. The van der Waals surface area contributed by atoms with Crippen molar-refractivity contribution in [2.24, 2.45) is 16.6 Å². The number of hydrogen-bond donors (Lipinski definition) is 3. The highest BCUT2D eigenvalue weighted by Gasteiger charge is 2.19. The van der Waals surface area contributed by atoms with E-state index in [-0.39, 0.29) is 42.2 Å². The van der Waals surface area contributed by atoms with E-state index in [4.69, 9.17) is 5.73 Å². The molecule has 136 valence electrons. The maximum atomic E-state index is 11.8. The first-order valence-corrected chi connectivity index (χ1v) is 9.61. The molecule has 7 nitrogen and oxygen atoms in total. The molecule has 1 heterocycles. The second kappa shape index (κ2) is 10.8. The molecule has 2 rings (SSSR count). The summed E-state index contributed by atoms with van der Waals surface area (Å²) < 4.78 is 26.2. The van der Waals surface area contributed by atoms with Crippen molar-refractivity contribution in [2.75, 3.05) is 25.4 Å². The van der Waals surface area contributed by atoms with Gasteiger partial charge < -0.3 is 11.1 Å². The molecule has 0 radical (unpaired) electrons. The van der Waals surface area contributed by atoms with Crippen molar-refractivity contribution in [3.8, 4) is 0 Å². The zero-order valence-corrected chi connectivity index (χ0v) is 16.8. The van der Waals surface area contributed by atoms with E-state index < -0.39 is 10.0 Å². The molecular weight excluding hydrogens is 441 g/mol. The van der Waals surface area contributed by atoms with Crippen molar-refractivity contribution in [2.45, 2.75) is 25.7 Å². The van der Waals surface area contributed by atoms with Crippen molar-refractivity contribution in [3.05, 3.63) is 30.1 Å². The van der Waals surface area contributed by atoms with Crippen LogP contribution in [0.3, 0.4) is 0 Å². The monoisotopic (exact) mass is 467 g/mol. The third-order valence-corrected chi connectivity index (χ3v) is 5.20. The Balaban J connectivity index is 0.00000288. The number of aromatic nitrogens is 1. The van der Waals surface area contributed by atoms with Crippen LogP contribution in [0.25, 0.3) is 0 Å². The molecule has 0 bridgehead atoms. The molecule has 0 unspecified atom stereocenters. The van der Waals surface area contributed by atoms with Crippen molar-refractivity contribution < 1.29 is 8.42 Å². The highest BCUT2D eigenvalue weighted by Crippen LogP contribution is 2.25. The average molecular weight is 467 g/mol. The summed E-state index contributed by atoms with van der Waals surface area (Å²) in [5.74, 6) is 0.726. The smallest absolute Gasteiger partial charge is 0.213 e. The van der Waals surface area contributed by atoms with Gasteiger partial charge in [-0.1, -0.05) is 12.5 Å². The average Bonchev–Trinajstić information content (AvgIpc) is 2.46. The summed E-state index contributed by atoms with van der Waals surface area (Å²) in [6.45, 7) is 1.31. The van der Waals surface area contributed by atoms with Crippen LogP contribution in [-0.2, 0) is 16.4 Å². The van der Waals surface area contributed by atoms with Crippen LogP contribution < -0.4 is 15.8 Å². The Bertz CT molecular complexity index is 606. The molecule has 1 aromatic rings. The molecule has 9 heteroatoms. The lowest BCUT2D eigenvalue weighted by atomic mass is 9.86. The lowest BCUT2D eigenvalue weighted by Crippen LogP contribution is -2.36. The number of nitrogens with one attached hydrogen (secondary N) is 2. The predicted molar refractivity (Wildman–Crippen MR) is 107 cm³/mol. The number of halogens is 1. The van der Waals surface area contributed by atoms with Gasteiger partial charge in [0.15, 0.2) is 5.96 Å². The second-order valence-corrected chi connectivity index (χ2v) is 7.66. The third-order valence-electron chi connectivity index (χ3n) is 3.87. The Kier molecular flexibility index (Phi) is 9.52. The Labute approximate surface area is 161 Å². The maximum absolute atomic E-state index is 11.8. The molecule has 1 aliphatic carbocycles. The van der Waals surface area contributed by atoms with E-state index in [0.29, 0.717) is 19.0 Å². The Morgan fingerprint density at radius 3 is 2.79 bits per heavy atom. The van der Waals surface area contributed by atoms with Crippen LogP contribution in [0.5, 0.6) is 0 Å². The molecule has 0 aliphatic heterocycles. The summed E-state index contributed by atoms with van der Waals surface area (Å²) in [7, 11) is -3.26. The third kappa shape index (κ3) is 8.25. The molecular formula is C15H26IN5O2S. The van der Waals surface area contributed by atoms with Crippen molar-refractivity contribution >= 4 is 40.0 Å². The zero-order chi connectivity index (χ0) is 16.5. The number of nitrogens with two attached hydrogens (primary N) is 1. The standard InChI is InChI=1S/C15H25N5O2S.HI/c16-15(18-9-7-14-6-1-2-8-17-14)19-10-11-23(21,22)20-12-13-4-3-5-13;/h1-2,6,8,13,20H,3-5,7,9-12H2,(H3,16,18,19);1H. The van der Waals surface area contributed by atoms with Gasteiger partial charge in [0, 0.05) is 31.4 Å². The number of nitrogens with zero attached hydrogens (tertiary/aromatic N) is 2. The summed E-state index contributed by atoms with van der Waals surface area (Å²) >= 11 is 0. The number of pyridine rings is 1. The van der Waals surface area contributed by atoms with Gasteiger partial charge in [-0.15, -0.1) is 24.0 Å². The van der Waals surface area contributed by atoms with E-state index >= 15 is 0 Å². The summed E-state index contributed by atoms with van der Waals surface area (Å²) in [4.78, 5) is 8.25. The minimum atomic E-state index is -3.26. The molecule has 0 amide bonds. The first-order chi connectivity index (χ1) is 11.1. The minimum absolute atomic E-state index is 0. The maximum Gasteiger partial charge on any atom is 0.213 e. The number of guanidine groups is 1. The van der Waals surface area contributed by atoms with Gasteiger partial charge in [-0.3, -0.25) is 9.98 Å². The zero-order valence-electron chi connectivity index (χ0n) is 13.6. The van der Waals surface area contributed by atoms with Gasteiger partial charge in [-0.2, -0.15) is 0 Å². The fraction of sp³-hybridized carbons (Fsp3) is 0.600. The molecule has 1 saturated carbocycles. The second-order valence-electron chi connectivity index (χ2n) is 5.73. The summed E-state index contributed by atoms with van der Waals surface area (Å²) in [6, 6.07) is 5.74. The first-order valence-electron chi connectivity index (χ1n) is 7.96. The molecule has 0 saturated heterocycles. The summed E-state index contributed by atoms with van der Waals surface area (Å²) in [5, 5.41) is 2.96. The Hall–Kier alpha value is -0.940. The number of aliphatic imine (C=N–C) groups is 1. The SMILES string of the molecule is I.NC(=NCCS(=O)(=O)NCC1CCC1)NCCc1ccccn1. The largest absolute Gasteiger partial charge is 0.370 e. The number of rotatable bonds is 9. The summed E-state index contributed by atoms with van der Waals surface area (Å²) in [5.41, 5.74) is 6.69. The molecule has 0 aromatic carbocycles. The quantitative estimate of drug-likeness (QED) is 0.284. The molecule has 0 spiro atoms. The fourth-order valence-corrected chi connectivity index (χ4v) is 3.19. The van der Waals surface area contributed by atoms with Crippen LogP contribution in [0.4, 0.5) is 0 Å². The van der Waals surface area contributed by atoms with Crippen LogP contribution in [-0.4, -0.2) is 44.7 Å². The number of sulfonamides is 1. The predicted octanol–water partition coefficient (Wildman–Crippen LogP) is 0.866. The van der Waals surface area contributed by atoms with Crippen molar-refractivity contribution in [1.82, 2.24) is 15.0 Å². The van der Waals surface area contributed by atoms with E-state index in [1.165, 1.54) is 6.42 Å². The fourth-order valence-electron chi connectivity index (χ4n) is 2.22. The first kappa shape index (κ1) is 21.1. The Morgan fingerprint density at radius 1 is 1.38 bits per heavy atom. The molecule has 1 fully saturated rings. The topological polar surface area (TPSA) is 109 Å². The Morgan fingerprint density at radius 2 is 2.17 bits per heavy atom. The highest BCUT2D eigenvalue weighted by molar-refractivity contribution is 14.0. The van der Waals surface area contributed by atoms with E-state index in [2.05, 4.69) is 20.0 Å². The van der Waals surface area contributed by atoms with Gasteiger partial charge in [0.25, 0.3) is 0 Å². The molecule has 1 aliphatic rings. The lowest BCUT2D eigenvalue weighted by molar-refractivity contribution is 0.316. The van der Waals surface area contributed by atoms with Gasteiger partial charge in [-0.05, 0) is 30.9 Å². The number of hydrogen-bond acceptors (Lipinski definition) is 4. The molecule has 1 aromatic heterocycles. The van der Waals surface area contributed by atoms with E-state index in [0.717, 1.165) is 25.0 Å². The van der Waals surface area contributed by atoms with E-state index in [1.54, 1.807) is 6.20 Å². The lowest BCUT2D eigenvalue weighted by Gasteiger charge is -2.25. The normalized spacial score (nSPS) is 15.4. The molecule has 4 N–H and O–H groups in total. The van der Waals surface area contributed by atoms with Crippen LogP contribution in [0, 0.1) is 5.92 Å². The van der Waals surface area contributed by atoms with Gasteiger partial charge in [0.05, 0.1) is 12.3 Å². The van der Waals surface area contributed by atoms with Gasteiger partial charge in [-0.25, -0.2) is 13.1 Å². The summed E-state index contributed by atoms with van der Waals surface area (Å²) in [6.07, 6.45) is 5.92. The molecule has 24 heavy (non-hydrogen) atoms. The van der Waals surface area contributed by atoms with Crippen molar-refractivity contribution in [1.29, 1.82) is 0 Å². The van der Waals surface area contributed by atoms with Gasteiger partial charge in [0.1, 0.15) is 0 Å². The van der Waals surface area contributed by atoms with Gasteiger partial charge in [0.2, 0.25) is 10.0 Å². The van der Waals surface area contributed by atoms with Crippen molar-refractivity contribution in [3.63, 3.8) is 0 Å². The minimum Gasteiger partial charge on any atom is -0.370 e. The van der Waals surface area contributed by atoms with Gasteiger partial charge >= 0.3 is 0 Å². The van der Waals surface area contributed by atoms with E-state index in [9.17, 15) is 8.42 Å².